The maximum atomic E-state index is 12.2. The summed E-state index contributed by atoms with van der Waals surface area (Å²) in [6.07, 6.45) is 2.97. The van der Waals surface area contributed by atoms with E-state index in [9.17, 15) is 14.7 Å². The van der Waals surface area contributed by atoms with Gasteiger partial charge in [-0.15, -0.1) is 5.10 Å². The number of aryl methyl sites for hydroxylation is 1. The highest BCUT2D eigenvalue weighted by molar-refractivity contribution is 5.70. The van der Waals surface area contributed by atoms with Crippen molar-refractivity contribution in [1.82, 2.24) is 24.9 Å². The van der Waals surface area contributed by atoms with Crippen LogP contribution in [0.2, 0.25) is 0 Å². The fourth-order valence-corrected chi connectivity index (χ4v) is 4.03. The van der Waals surface area contributed by atoms with Gasteiger partial charge in [0.25, 0.3) is 0 Å². The standard InChI is InChI=1S/C23H33N5O6/c1-5-11-27(2)23(31)33-14-19-21(25-26-28(19)3)17-9-10-20(18(24-17)13-32-4)34-16-8-6-7-15(12-16)22(29)30/h9-10,15-16H,5-8,11-14H2,1-4H3,(H,29,30)/t15-,16-/m0/s1. The maximum absolute atomic E-state index is 12.2. The van der Waals surface area contributed by atoms with Crippen molar-refractivity contribution in [3.63, 3.8) is 0 Å². The average Bonchev–Trinajstić information content (AvgIpc) is 3.19. The number of carbonyl (C=O) groups is 2. The Balaban J connectivity index is 1.78. The Morgan fingerprint density at radius 1 is 1.26 bits per heavy atom. The normalized spacial score (nSPS) is 17.9. The third-order valence-corrected chi connectivity index (χ3v) is 5.87. The number of carbonyl (C=O) groups excluding carboxylic acids is 1. The van der Waals surface area contributed by atoms with Crippen LogP contribution in [0.1, 0.15) is 50.4 Å². The molecule has 0 aliphatic heterocycles. The number of amides is 1. The van der Waals surface area contributed by atoms with Crippen LogP contribution in [0.15, 0.2) is 12.1 Å². The molecule has 0 spiro atoms. The van der Waals surface area contributed by atoms with E-state index in [1.165, 1.54) is 4.90 Å². The molecule has 1 N–H and O–H groups in total. The molecule has 11 heteroatoms. The third-order valence-electron chi connectivity index (χ3n) is 5.87. The minimum Gasteiger partial charge on any atom is -0.488 e. The zero-order valence-electron chi connectivity index (χ0n) is 20.2. The molecule has 186 valence electrons. The van der Waals surface area contributed by atoms with Crippen LogP contribution in [0.4, 0.5) is 4.79 Å². The van der Waals surface area contributed by atoms with Crippen LogP contribution in [0.25, 0.3) is 11.4 Å². The Morgan fingerprint density at radius 3 is 2.76 bits per heavy atom. The van der Waals surface area contributed by atoms with Crippen LogP contribution in [0.5, 0.6) is 5.75 Å². The molecule has 0 unspecified atom stereocenters. The van der Waals surface area contributed by atoms with Crippen molar-refractivity contribution in [2.24, 2.45) is 13.0 Å². The Labute approximate surface area is 199 Å². The van der Waals surface area contributed by atoms with E-state index in [-0.39, 0.29) is 19.3 Å². The van der Waals surface area contributed by atoms with Crippen LogP contribution < -0.4 is 4.74 Å². The molecule has 1 saturated carbocycles. The summed E-state index contributed by atoms with van der Waals surface area (Å²) in [5.74, 6) is -0.617. The molecule has 2 aromatic rings. The minimum absolute atomic E-state index is 0.00388. The van der Waals surface area contributed by atoms with Gasteiger partial charge in [0, 0.05) is 27.7 Å². The largest absolute Gasteiger partial charge is 0.488 e. The molecular formula is C23H33N5O6. The molecule has 3 rings (SSSR count). The smallest absolute Gasteiger partial charge is 0.409 e. The lowest BCUT2D eigenvalue weighted by Gasteiger charge is -2.28. The second-order valence-electron chi connectivity index (χ2n) is 8.50. The third kappa shape index (κ3) is 6.22. The molecule has 1 fully saturated rings. The summed E-state index contributed by atoms with van der Waals surface area (Å²) in [7, 11) is 4.99. The molecule has 0 radical (unpaired) electrons. The highest BCUT2D eigenvalue weighted by atomic mass is 16.6. The first kappa shape index (κ1) is 25.4. The van der Waals surface area contributed by atoms with Crippen molar-refractivity contribution in [3.8, 4) is 17.1 Å². The number of hydrogen-bond acceptors (Lipinski definition) is 8. The number of methoxy groups -OCH3 is 1. The number of carboxylic acid groups (broad SMARTS) is 1. The summed E-state index contributed by atoms with van der Waals surface area (Å²) in [6, 6.07) is 3.56. The summed E-state index contributed by atoms with van der Waals surface area (Å²) >= 11 is 0. The van der Waals surface area contributed by atoms with Gasteiger partial charge >= 0.3 is 12.1 Å². The van der Waals surface area contributed by atoms with Gasteiger partial charge in [-0.3, -0.25) is 4.79 Å². The van der Waals surface area contributed by atoms with E-state index in [2.05, 4.69) is 15.3 Å². The van der Waals surface area contributed by atoms with Gasteiger partial charge in [-0.05, 0) is 44.2 Å². The zero-order valence-corrected chi connectivity index (χ0v) is 20.2. The van der Waals surface area contributed by atoms with Crippen LogP contribution in [0.3, 0.4) is 0 Å². The predicted octanol–water partition coefficient (Wildman–Crippen LogP) is 3.02. The molecule has 0 saturated heterocycles. The van der Waals surface area contributed by atoms with E-state index < -0.39 is 18.0 Å². The molecule has 2 atom stereocenters. The highest BCUT2D eigenvalue weighted by Gasteiger charge is 2.29. The number of aliphatic carboxylic acids is 1. The Kier molecular flexibility index (Phi) is 8.80. The first-order valence-corrected chi connectivity index (χ1v) is 11.5. The van der Waals surface area contributed by atoms with Crippen molar-refractivity contribution in [2.45, 2.75) is 58.3 Å². The molecule has 2 aromatic heterocycles. The van der Waals surface area contributed by atoms with Crippen LogP contribution >= 0.6 is 0 Å². The summed E-state index contributed by atoms with van der Waals surface area (Å²) in [6.45, 7) is 2.81. The van der Waals surface area contributed by atoms with Crippen LogP contribution in [0, 0.1) is 5.92 Å². The topological polar surface area (TPSA) is 129 Å². The monoisotopic (exact) mass is 475 g/mol. The fraction of sp³-hybridized carbons (Fsp3) is 0.609. The summed E-state index contributed by atoms with van der Waals surface area (Å²) < 4.78 is 18.5. The quantitative estimate of drug-likeness (QED) is 0.551. The van der Waals surface area contributed by atoms with Gasteiger partial charge in [0.2, 0.25) is 0 Å². The van der Waals surface area contributed by atoms with Gasteiger partial charge in [0.1, 0.15) is 29.4 Å². The lowest BCUT2D eigenvalue weighted by Crippen LogP contribution is -2.29. The van der Waals surface area contributed by atoms with Crippen LogP contribution in [-0.2, 0) is 34.5 Å². The molecule has 11 nitrogen and oxygen atoms in total. The Morgan fingerprint density at radius 2 is 2.06 bits per heavy atom. The summed E-state index contributed by atoms with van der Waals surface area (Å²) in [4.78, 5) is 29.8. The van der Waals surface area contributed by atoms with Crippen LogP contribution in [-0.4, -0.2) is 68.9 Å². The van der Waals surface area contributed by atoms with Crippen molar-refractivity contribution in [3.05, 3.63) is 23.5 Å². The van der Waals surface area contributed by atoms with Gasteiger partial charge in [0.05, 0.1) is 24.3 Å². The predicted molar refractivity (Wildman–Crippen MR) is 122 cm³/mol. The molecule has 2 heterocycles. The van der Waals surface area contributed by atoms with Gasteiger partial charge in [-0.25, -0.2) is 14.5 Å². The summed E-state index contributed by atoms with van der Waals surface area (Å²) in [5, 5.41) is 17.6. The number of pyridine rings is 1. The van der Waals surface area contributed by atoms with E-state index in [4.69, 9.17) is 14.2 Å². The van der Waals surface area contributed by atoms with Crippen molar-refractivity contribution < 1.29 is 28.9 Å². The molecule has 0 aromatic carbocycles. The number of ether oxygens (including phenoxy) is 3. The Bertz CT molecular complexity index is 994. The van der Waals surface area contributed by atoms with Gasteiger partial charge in [0.15, 0.2) is 0 Å². The SMILES string of the molecule is CCCN(C)C(=O)OCc1c(-c2ccc(O[C@H]3CCC[C@H](C(=O)O)C3)c(COC)n2)nnn1C. The summed E-state index contributed by atoms with van der Waals surface area (Å²) in [5.41, 5.74) is 2.24. The van der Waals surface area contributed by atoms with E-state index in [0.29, 0.717) is 47.9 Å². The van der Waals surface area contributed by atoms with Crippen molar-refractivity contribution in [2.75, 3.05) is 20.7 Å². The van der Waals surface area contributed by atoms with Gasteiger partial charge in [-0.2, -0.15) is 0 Å². The first-order chi connectivity index (χ1) is 16.3. The number of rotatable bonds is 10. The maximum Gasteiger partial charge on any atom is 0.409 e. The van der Waals surface area contributed by atoms with E-state index in [1.54, 1.807) is 38.0 Å². The van der Waals surface area contributed by atoms with Gasteiger partial charge < -0.3 is 24.2 Å². The Hall–Kier alpha value is -3.21. The van der Waals surface area contributed by atoms with E-state index in [0.717, 1.165) is 19.3 Å². The van der Waals surface area contributed by atoms with Gasteiger partial charge in [-0.1, -0.05) is 12.1 Å². The number of carboxylic acids is 1. The molecular weight excluding hydrogens is 442 g/mol. The highest BCUT2D eigenvalue weighted by Crippen LogP contribution is 2.31. The van der Waals surface area contributed by atoms with Crippen molar-refractivity contribution in [1.29, 1.82) is 0 Å². The van der Waals surface area contributed by atoms with E-state index in [1.807, 2.05) is 6.92 Å². The average molecular weight is 476 g/mol. The molecule has 34 heavy (non-hydrogen) atoms. The minimum atomic E-state index is -0.782. The molecule has 1 aliphatic carbocycles. The number of nitrogens with zero attached hydrogens (tertiary/aromatic N) is 5. The lowest BCUT2D eigenvalue weighted by molar-refractivity contribution is -0.143. The van der Waals surface area contributed by atoms with E-state index >= 15 is 0 Å². The lowest BCUT2D eigenvalue weighted by atomic mass is 9.87. The molecule has 1 amide bonds. The number of hydrogen-bond donors (Lipinski definition) is 1. The first-order valence-electron chi connectivity index (χ1n) is 11.5. The molecule has 1 aliphatic rings. The number of aromatic nitrogens is 4. The van der Waals surface area contributed by atoms with Crippen molar-refractivity contribution >= 4 is 12.1 Å². The second-order valence-corrected chi connectivity index (χ2v) is 8.50. The fourth-order valence-electron chi connectivity index (χ4n) is 4.03. The molecule has 0 bridgehead atoms. The second kappa shape index (κ2) is 11.8. The zero-order chi connectivity index (χ0) is 24.7.